The molecule has 0 aliphatic heterocycles. The van der Waals surface area contributed by atoms with Crippen molar-refractivity contribution in [1.82, 2.24) is 4.98 Å². The summed E-state index contributed by atoms with van der Waals surface area (Å²) in [7, 11) is 0. The Balaban J connectivity index is 1.53. The van der Waals surface area contributed by atoms with Gasteiger partial charge in [-0.25, -0.2) is 4.98 Å². The summed E-state index contributed by atoms with van der Waals surface area (Å²) in [6.45, 7) is 0. The van der Waals surface area contributed by atoms with E-state index in [1.807, 2.05) is 54.6 Å². The minimum Gasteiger partial charge on any atom is -0.236 e. The third-order valence-electron chi connectivity index (χ3n) is 5.17. The molecule has 0 spiro atoms. The maximum atomic E-state index is 9.57. The van der Waals surface area contributed by atoms with Crippen LogP contribution in [0.4, 0.5) is 0 Å². The number of thiazole rings is 1. The van der Waals surface area contributed by atoms with E-state index < -0.39 is 0 Å². The minimum atomic E-state index is 0.614. The van der Waals surface area contributed by atoms with Gasteiger partial charge >= 0.3 is 0 Å². The first-order valence-corrected chi connectivity index (χ1v) is 10.6. The second kappa shape index (κ2) is 7.88. The van der Waals surface area contributed by atoms with Gasteiger partial charge in [0.05, 0.1) is 33.5 Å². The summed E-state index contributed by atoms with van der Waals surface area (Å²) >= 11 is 1.63. The Morgan fingerprint density at radius 1 is 0.581 bits per heavy atom. The lowest BCUT2D eigenvalue weighted by Crippen LogP contribution is -1.86. The van der Waals surface area contributed by atoms with Crippen molar-refractivity contribution in [3.8, 4) is 45.0 Å². The maximum Gasteiger partial charge on any atom is 0.124 e. The fourth-order valence-corrected chi connectivity index (χ4v) is 4.52. The predicted octanol–water partition coefficient (Wildman–Crippen LogP) is 7.04. The first-order valence-electron chi connectivity index (χ1n) is 9.75. The molecule has 3 nitrogen and oxygen atoms in total. The molecular formula is C27H15N3S. The number of rotatable bonds is 3. The van der Waals surface area contributed by atoms with Crippen molar-refractivity contribution in [2.45, 2.75) is 0 Å². The third-order valence-corrected chi connectivity index (χ3v) is 6.25. The number of hydrogen-bond donors (Lipinski definition) is 0. The van der Waals surface area contributed by atoms with E-state index in [9.17, 15) is 5.26 Å². The number of para-hydroxylation sites is 1. The predicted molar refractivity (Wildman–Crippen MR) is 125 cm³/mol. The molecule has 0 atom stereocenters. The molecule has 31 heavy (non-hydrogen) atoms. The molecule has 0 N–H and O–H groups in total. The van der Waals surface area contributed by atoms with Crippen molar-refractivity contribution in [3.05, 3.63) is 102 Å². The van der Waals surface area contributed by atoms with Gasteiger partial charge in [-0.3, -0.25) is 0 Å². The van der Waals surface area contributed by atoms with Gasteiger partial charge < -0.3 is 0 Å². The van der Waals surface area contributed by atoms with Crippen molar-refractivity contribution in [1.29, 1.82) is 10.5 Å². The Labute approximate surface area is 184 Å². The lowest BCUT2D eigenvalue weighted by molar-refractivity contribution is 1.45. The molecule has 0 saturated heterocycles. The van der Waals surface area contributed by atoms with Crippen LogP contribution in [0.1, 0.15) is 11.1 Å². The van der Waals surface area contributed by atoms with Crippen LogP contribution in [0.2, 0.25) is 0 Å². The summed E-state index contributed by atoms with van der Waals surface area (Å²) in [4.78, 5) is 4.75. The molecule has 0 bridgehead atoms. The zero-order valence-electron chi connectivity index (χ0n) is 16.4. The Kier molecular flexibility index (Phi) is 4.77. The van der Waals surface area contributed by atoms with Crippen LogP contribution in [0.5, 0.6) is 0 Å². The highest BCUT2D eigenvalue weighted by molar-refractivity contribution is 7.21. The van der Waals surface area contributed by atoms with Crippen molar-refractivity contribution in [2.24, 2.45) is 0 Å². The largest absolute Gasteiger partial charge is 0.236 e. The zero-order valence-corrected chi connectivity index (χ0v) is 17.2. The van der Waals surface area contributed by atoms with E-state index in [-0.39, 0.29) is 0 Å². The molecule has 0 radical (unpaired) electrons. The molecule has 4 aromatic carbocycles. The molecule has 0 unspecified atom stereocenters. The highest BCUT2D eigenvalue weighted by atomic mass is 32.1. The molecule has 4 heteroatoms. The van der Waals surface area contributed by atoms with Crippen LogP contribution in [-0.2, 0) is 0 Å². The first kappa shape index (κ1) is 18.8. The topological polar surface area (TPSA) is 60.5 Å². The standard InChI is InChI=1S/C27H15N3S/c28-16-18-5-7-20(8-6-18)21-9-11-22(12-10-21)23-13-19(17-29)14-24(15-23)27-30-25-3-1-2-4-26(25)31-27/h1-15H. The first-order chi connectivity index (χ1) is 15.2. The number of aromatic nitrogens is 1. The van der Waals surface area contributed by atoms with Crippen molar-refractivity contribution in [2.75, 3.05) is 0 Å². The summed E-state index contributed by atoms with van der Waals surface area (Å²) in [5, 5.41) is 19.5. The van der Waals surface area contributed by atoms with E-state index in [4.69, 9.17) is 10.2 Å². The zero-order chi connectivity index (χ0) is 21.2. The van der Waals surface area contributed by atoms with Crippen LogP contribution < -0.4 is 0 Å². The van der Waals surface area contributed by atoms with Gasteiger partial charge in [-0.2, -0.15) is 10.5 Å². The van der Waals surface area contributed by atoms with Gasteiger partial charge in [0.2, 0.25) is 0 Å². The number of benzene rings is 4. The van der Waals surface area contributed by atoms with E-state index in [1.165, 1.54) is 0 Å². The molecule has 5 rings (SSSR count). The van der Waals surface area contributed by atoms with E-state index in [0.29, 0.717) is 11.1 Å². The van der Waals surface area contributed by atoms with Gasteiger partial charge in [-0.15, -0.1) is 11.3 Å². The normalized spacial score (nSPS) is 10.5. The van der Waals surface area contributed by atoms with Gasteiger partial charge in [0.15, 0.2) is 0 Å². The number of nitriles is 2. The molecule has 0 aliphatic carbocycles. The Morgan fingerprint density at radius 2 is 1.16 bits per heavy atom. The Morgan fingerprint density at radius 3 is 1.81 bits per heavy atom. The Hall–Kier alpha value is -4.25. The van der Waals surface area contributed by atoms with Gasteiger partial charge in [-0.05, 0) is 64.7 Å². The number of nitrogens with zero attached hydrogens (tertiary/aromatic N) is 3. The highest BCUT2D eigenvalue weighted by Gasteiger charge is 2.10. The molecule has 5 aromatic rings. The van der Waals surface area contributed by atoms with Crippen LogP contribution in [0, 0.1) is 22.7 Å². The quantitative estimate of drug-likeness (QED) is 0.319. The average molecular weight is 414 g/mol. The highest BCUT2D eigenvalue weighted by Crippen LogP contribution is 2.34. The summed E-state index contributed by atoms with van der Waals surface area (Å²) in [6, 6.07) is 34.2. The molecule has 144 valence electrons. The van der Waals surface area contributed by atoms with E-state index >= 15 is 0 Å². The van der Waals surface area contributed by atoms with E-state index in [0.717, 1.165) is 43.0 Å². The smallest absolute Gasteiger partial charge is 0.124 e. The second-order valence-corrected chi connectivity index (χ2v) is 8.19. The van der Waals surface area contributed by atoms with Crippen molar-refractivity contribution >= 4 is 21.6 Å². The SMILES string of the molecule is N#Cc1ccc(-c2ccc(-c3cc(C#N)cc(-c4nc5ccccc5s4)c3)cc2)cc1. The van der Waals surface area contributed by atoms with Crippen LogP contribution in [0.15, 0.2) is 91.0 Å². The molecule has 1 aromatic heterocycles. The minimum absolute atomic E-state index is 0.614. The van der Waals surface area contributed by atoms with Gasteiger partial charge in [-0.1, -0.05) is 48.5 Å². The number of hydrogen-bond acceptors (Lipinski definition) is 4. The van der Waals surface area contributed by atoms with Crippen LogP contribution in [0.25, 0.3) is 43.0 Å². The number of fused-ring (bicyclic) bond motifs is 1. The van der Waals surface area contributed by atoms with Crippen LogP contribution in [0.3, 0.4) is 0 Å². The lowest BCUT2D eigenvalue weighted by atomic mass is 9.97. The fourth-order valence-electron chi connectivity index (χ4n) is 3.57. The second-order valence-electron chi connectivity index (χ2n) is 7.16. The molecular weight excluding hydrogens is 398 g/mol. The van der Waals surface area contributed by atoms with E-state index in [2.05, 4.69) is 48.5 Å². The van der Waals surface area contributed by atoms with Crippen LogP contribution in [-0.4, -0.2) is 4.98 Å². The molecule has 0 aliphatic rings. The van der Waals surface area contributed by atoms with Gasteiger partial charge in [0, 0.05) is 5.56 Å². The molecule has 0 amide bonds. The van der Waals surface area contributed by atoms with Crippen molar-refractivity contribution < 1.29 is 0 Å². The summed E-state index contributed by atoms with van der Waals surface area (Å²) in [6.07, 6.45) is 0. The van der Waals surface area contributed by atoms with Gasteiger partial charge in [0.1, 0.15) is 5.01 Å². The van der Waals surface area contributed by atoms with Crippen molar-refractivity contribution in [3.63, 3.8) is 0 Å². The fraction of sp³-hybridized carbons (Fsp3) is 0. The maximum absolute atomic E-state index is 9.57. The molecule has 0 saturated carbocycles. The summed E-state index contributed by atoms with van der Waals surface area (Å²) in [5.41, 5.74) is 7.35. The monoisotopic (exact) mass is 413 g/mol. The average Bonchev–Trinajstić information content (AvgIpc) is 3.28. The summed E-state index contributed by atoms with van der Waals surface area (Å²) < 4.78 is 1.13. The lowest BCUT2D eigenvalue weighted by Gasteiger charge is -2.08. The molecule has 0 fully saturated rings. The van der Waals surface area contributed by atoms with Gasteiger partial charge in [0.25, 0.3) is 0 Å². The molecule has 1 heterocycles. The summed E-state index contributed by atoms with van der Waals surface area (Å²) in [5.74, 6) is 0. The third kappa shape index (κ3) is 3.69. The van der Waals surface area contributed by atoms with Crippen LogP contribution >= 0.6 is 11.3 Å². The van der Waals surface area contributed by atoms with E-state index in [1.54, 1.807) is 11.3 Å². The Bertz CT molecular complexity index is 1450.